The van der Waals surface area contributed by atoms with Gasteiger partial charge in [-0.3, -0.25) is 4.79 Å². The highest BCUT2D eigenvalue weighted by Crippen LogP contribution is 2.32. The molecule has 1 saturated carbocycles. The molecule has 3 nitrogen and oxygen atoms in total. The number of methoxy groups -OCH3 is 1. The molecule has 1 aliphatic rings. The standard InChI is InChI=1S/C23H36O3/c1-4-7-18(5-2)16-20-10-12-22(13-11-20)26-15-14-19-8-6-9-21(17-19)23(24)25-3/h10-13,18-19,21H,4-9,14-17H2,1-3H3/t18?,19-,21-/m0/s1. The molecule has 0 spiro atoms. The summed E-state index contributed by atoms with van der Waals surface area (Å²) in [6, 6.07) is 8.63. The van der Waals surface area contributed by atoms with Crippen molar-refractivity contribution in [3.05, 3.63) is 29.8 Å². The number of carbonyl (C=O) groups excluding carboxylic acids is 1. The maximum atomic E-state index is 11.7. The Morgan fingerprint density at radius 1 is 1.19 bits per heavy atom. The van der Waals surface area contributed by atoms with Gasteiger partial charge in [-0.2, -0.15) is 0 Å². The van der Waals surface area contributed by atoms with Gasteiger partial charge in [0.15, 0.2) is 0 Å². The SMILES string of the molecule is CCCC(CC)Cc1ccc(OCC[C@@H]2CCC[C@H](C(=O)OC)C2)cc1. The van der Waals surface area contributed by atoms with E-state index >= 15 is 0 Å². The summed E-state index contributed by atoms with van der Waals surface area (Å²) >= 11 is 0. The minimum atomic E-state index is -0.0420. The first-order valence-corrected chi connectivity index (χ1v) is 10.5. The van der Waals surface area contributed by atoms with Crippen molar-refractivity contribution >= 4 is 5.97 Å². The van der Waals surface area contributed by atoms with E-state index in [1.807, 2.05) is 0 Å². The number of hydrogen-bond acceptors (Lipinski definition) is 3. The van der Waals surface area contributed by atoms with Crippen molar-refractivity contribution in [2.24, 2.45) is 17.8 Å². The maximum Gasteiger partial charge on any atom is 0.308 e. The minimum Gasteiger partial charge on any atom is -0.494 e. The molecular weight excluding hydrogens is 324 g/mol. The number of carbonyl (C=O) groups is 1. The quantitative estimate of drug-likeness (QED) is 0.494. The first kappa shape index (κ1) is 20.8. The molecule has 3 atom stereocenters. The molecule has 0 aliphatic heterocycles. The van der Waals surface area contributed by atoms with E-state index in [0.29, 0.717) is 5.92 Å². The van der Waals surface area contributed by atoms with E-state index in [0.717, 1.165) is 44.0 Å². The first-order valence-electron chi connectivity index (χ1n) is 10.5. The summed E-state index contributed by atoms with van der Waals surface area (Å²) < 4.78 is 10.9. The van der Waals surface area contributed by atoms with Gasteiger partial charge < -0.3 is 9.47 Å². The highest BCUT2D eigenvalue weighted by molar-refractivity contribution is 5.72. The predicted octanol–water partition coefficient (Wildman–Crippen LogP) is 5.80. The molecule has 0 aromatic heterocycles. The average Bonchev–Trinajstić information content (AvgIpc) is 2.68. The highest BCUT2D eigenvalue weighted by atomic mass is 16.5. The van der Waals surface area contributed by atoms with Gasteiger partial charge in [0.25, 0.3) is 0 Å². The summed E-state index contributed by atoms with van der Waals surface area (Å²) in [4.78, 5) is 11.7. The topological polar surface area (TPSA) is 35.5 Å². The Balaban J connectivity index is 1.73. The monoisotopic (exact) mass is 360 g/mol. The van der Waals surface area contributed by atoms with Gasteiger partial charge >= 0.3 is 5.97 Å². The summed E-state index contributed by atoms with van der Waals surface area (Å²) in [7, 11) is 1.49. The Labute approximate surface area is 159 Å². The molecular formula is C23H36O3. The van der Waals surface area contributed by atoms with E-state index in [1.165, 1.54) is 44.8 Å². The van der Waals surface area contributed by atoms with Crippen LogP contribution in [0, 0.1) is 17.8 Å². The minimum absolute atomic E-state index is 0.0420. The second-order valence-electron chi connectivity index (χ2n) is 7.80. The molecule has 0 N–H and O–H groups in total. The van der Waals surface area contributed by atoms with Gasteiger partial charge in [-0.05, 0) is 55.2 Å². The van der Waals surface area contributed by atoms with Crippen LogP contribution in [0.25, 0.3) is 0 Å². The van der Waals surface area contributed by atoms with Crippen molar-refractivity contribution in [1.29, 1.82) is 0 Å². The Kier molecular flexibility index (Phi) is 9.00. The normalized spacial score (nSPS) is 21.2. The Morgan fingerprint density at radius 2 is 1.96 bits per heavy atom. The lowest BCUT2D eigenvalue weighted by atomic mass is 9.80. The lowest BCUT2D eigenvalue weighted by Gasteiger charge is -2.27. The van der Waals surface area contributed by atoms with Crippen LogP contribution in [0.2, 0.25) is 0 Å². The molecule has 2 rings (SSSR count). The molecule has 1 unspecified atom stereocenters. The Bertz CT molecular complexity index is 523. The fourth-order valence-electron chi connectivity index (χ4n) is 4.19. The smallest absolute Gasteiger partial charge is 0.308 e. The molecule has 0 saturated heterocycles. The van der Waals surface area contributed by atoms with Gasteiger partial charge in [0, 0.05) is 0 Å². The van der Waals surface area contributed by atoms with Gasteiger partial charge in [-0.1, -0.05) is 58.1 Å². The van der Waals surface area contributed by atoms with Gasteiger partial charge in [0.05, 0.1) is 19.6 Å². The van der Waals surface area contributed by atoms with Gasteiger partial charge in [0.1, 0.15) is 5.75 Å². The van der Waals surface area contributed by atoms with Crippen LogP contribution in [-0.4, -0.2) is 19.7 Å². The van der Waals surface area contributed by atoms with Crippen LogP contribution >= 0.6 is 0 Å². The largest absolute Gasteiger partial charge is 0.494 e. The van der Waals surface area contributed by atoms with Crippen LogP contribution in [0.1, 0.15) is 70.8 Å². The molecule has 0 amide bonds. The maximum absolute atomic E-state index is 11.7. The third kappa shape index (κ3) is 6.66. The molecule has 1 fully saturated rings. The first-order chi connectivity index (χ1) is 12.7. The van der Waals surface area contributed by atoms with Crippen molar-refractivity contribution < 1.29 is 14.3 Å². The van der Waals surface area contributed by atoms with Crippen molar-refractivity contribution in [3.63, 3.8) is 0 Å². The van der Waals surface area contributed by atoms with Crippen molar-refractivity contribution in [1.82, 2.24) is 0 Å². The average molecular weight is 361 g/mol. The highest BCUT2D eigenvalue weighted by Gasteiger charge is 2.27. The predicted molar refractivity (Wildman–Crippen MR) is 106 cm³/mol. The van der Waals surface area contributed by atoms with E-state index in [1.54, 1.807) is 0 Å². The number of hydrogen-bond donors (Lipinski definition) is 0. The zero-order chi connectivity index (χ0) is 18.8. The zero-order valence-electron chi connectivity index (χ0n) is 16.8. The summed E-state index contributed by atoms with van der Waals surface area (Å²) in [5, 5.41) is 0. The van der Waals surface area contributed by atoms with Crippen molar-refractivity contribution in [2.75, 3.05) is 13.7 Å². The second kappa shape index (κ2) is 11.3. The van der Waals surface area contributed by atoms with Crippen molar-refractivity contribution in [3.8, 4) is 5.75 Å². The summed E-state index contributed by atoms with van der Waals surface area (Å²) in [5.41, 5.74) is 1.41. The summed E-state index contributed by atoms with van der Waals surface area (Å²) in [6.07, 6.45) is 10.2. The van der Waals surface area contributed by atoms with Crippen LogP contribution < -0.4 is 4.74 Å². The number of ether oxygens (including phenoxy) is 2. The molecule has 0 radical (unpaired) electrons. The van der Waals surface area contributed by atoms with Gasteiger partial charge in [-0.15, -0.1) is 0 Å². The van der Waals surface area contributed by atoms with Crippen LogP contribution in [0.5, 0.6) is 5.75 Å². The molecule has 146 valence electrons. The van der Waals surface area contributed by atoms with Gasteiger partial charge in [0.2, 0.25) is 0 Å². The van der Waals surface area contributed by atoms with Crippen LogP contribution in [0.4, 0.5) is 0 Å². The molecule has 1 aromatic rings. The Hall–Kier alpha value is -1.51. The number of esters is 1. The third-order valence-electron chi connectivity index (χ3n) is 5.83. The molecule has 26 heavy (non-hydrogen) atoms. The fourth-order valence-corrected chi connectivity index (χ4v) is 4.19. The summed E-state index contributed by atoms with van der Waals surface area (Å²) in [6.45, 7) is 5.28. The van der Waals surface area contributed by atoms with E-state index in [-0.39, 0.29) is 11.9 Å². The molecule has 1 aromatic carbocycles. The lowest BCUT2D eigenvalue weighted by molar-refractivity contribution is -0.147. The number of rotatable bonds is 10. The van der Waals surface area contributed by atoms with E-state index in [4.69, 9.17) is 9.47 Å². The molecule has 1 aliphatic carbocycles. The van der Waals surface area contributed by atoms with E-state index in [2.05, 4.69) is 38.1 Å². The van der Waals surface area contributed by atoms with E-state index < -0.39 is 0 Å². The lowest BCUT2D eigenvalue weighted by Crippen LogP contribution is -2.24. The van der Waals surface area contributed by atoms with Gasteiger partial charge in [-0.25, -0.2) is 0 Å². The third-order valence-corrected chi connectivity index (χ3v) is 5.83. The van der Waals surface area contributed by atoms with Crippen molar-refractivity contribution in [2.45, 2.75) is 71.6 Å². The number of benzene rings is 1. The van der Waals surface area contributed by atoms with Crippen LogP contribution in [0.3, 0.4) is 0 Å². The Morgan fingerprint density at radius 3 is 2.62 bits per heavy atom. The summed E-state index contributed by atoms with van der Waals surface area (Å²) in [5.74, 6) is 2.37. The molecule has 0 bridgehead atoms. The zero-order valence-corrected chi connectivity index (χ0v) is 16.8. The molecule has 0 heterocycles. The molecule has 3 heteroatoms. The van der Waals surface area contributed by atoms with Crippen LogP contribution in [-0.2, 0) is 16.0 Å². The van der Waals surface area contributed by atoms with Crippen LogP contribution in [0.15, 0.2) is 24.3 Å². The van der Waals surface area contributed by atoms with E-state index in [9.17, 15) is 4.79 Å². The second-order valence-corrected chi connectivity index (χ2v) is 7.80. The fraction of sp³-hybridized carbons (Fsp3) is 0.696.